The van der Waals surface area contributed by atoms with E-state index in [-0.39, 0.29) is 29.4 Å². The Kier molecular flexibility index (Phi) is 6.13. The highest BCUT2D eigenvalue weighted by molar-refractivity contribution is 5.94. The largest absolute Gasteiger partial charge is 0.508 e. The van der Waals surface area contributed by atoms with E-state index in [1.54, 1.807) is 24.3 Å². The van der Waals surface area contributed by atoms with E-state index in [1.807, 2.05) is 13.0 Å². The molecule has 2 aromatic carbocycles. The van der Waals surface area contributed by atoms with Crippen molar-refractivity contribution in [3.63, 3.8) is 0 Å². The summed E-state index contributed by atoms with van der Waals surface area (Å²) in [5, 5.41) is 18.4. The Labute approximate surface area is 163 Å². The second-order valence-corrected chi connectivity index (χ2v) is 6.93. The van der Waals surface area contributed by atoms with Crippen LogP contribution in [-0.4, -0.2) is 36.6 Å². The molecule has 1 fully saturated rings. The van der Waals surface area contributed by atoms with Crippen LogP contribution in [0.4, 0.5) is 10.1 Å². The van der Waals surface area contributed by atoms with Crippen LogP contribution >= 0.6 is 0 Å². The van der Waals surface area contributed by atoms with Crippen LogP contribution in [0.15, 0.2) is 53.5 Å². The van der Waals surface area contributed by atoms with Gasteiger partial charge in [-0.2, -0.15) is 0 Å². The number of amides is 1. The molecule has 0 bridgehead atoms. The summed E-state index contributed by atoms with van der Waals surface area (Å²) in [6.07, 6.45) is 1.98. The summed E-state index contributed by atoms with van der Waals surface area (Å²) in [5.41, 5.74) is 1.51. The van der Waals surface area contributed by atoms with Gasteiger partial charge in [0.05, 0.1) is 0 Å². The Morgan fingerprint density at radius 1 is 1.18 bits per heavy atom. The molecule has 6 nitrogen and oxygen atoms in total. The minimum atomic E-state index is -0.255. The van der Waals surface area contributed by atoms with Crippen molar-refractivity contribution in [1.29, 1.82) is 0 Å². The zero-order valence-corrected chi connectivity index (χ0v) is 15.8. The molecule has 0 atom stereocenters. The topological polar surface area (TPSA) is 85.8 Å². The van der Waals surface area contributed by atoms with Gasteiger partial charge in [0.1, 0.15) is 18.1 Å². The van der Waals surface area contributed by atoms with Crippen LogP contribution in [0.25, 0.3) is 0 Å². The lowest BCUT2D eigenvalue weighted by Gasteiger charge is -2.19. The van der Waals surface area contributed by atoms with Gasteiger partial charge in [0.25, 0.3) is 0 Å². The van der Waals surface area contributed by atoms with Crippen LogP contribution in [0.3, 0.4) is 0 Å². The minimum Gasteiger partial charge on any atom is -0.508 e. The zero-order chi connectivity index (χ0) is 20.0. The molecular formula is C21H25FN4O2. The molecule has 1 amide bonds. The van der Waals surface area contributed by atoms with Crippen molar-refractivity contribution in [2.24, 2.45) is 4.99 Å². The number of phenols is 1. The first kappa shape index (κ1) is 19.7. The highest BCUT2D eigenvalue weighted by Gasteiger charge is 2.44. The number of aliphatic imine (C=N–C) groups is 1. The van der Waals surface area contributed by atoms with Gasteiger partial charge in [-0.3, -0.25) is 4.79 Å². The Morgan fingerprint density at radius 3 is 2.57 bits per heavy atom. The molecule has 4 N–H and O–H groups in total. The number of halogens is 1. The van der Waals surface area contributed by atoms with E-state index in [0.717, 1.165) is 18.4 Å². The van der Waals surface area contributed by atoms with Gasteiger partial charge >= 0.3 is 0 Å². The Hall–Kier alpha value is -3.09. The minimum absolute atomic E-state index is 0.0385. The van der Waals surface area contributed by atoms with Crippen molar-refractivity contribution in [2.75, 3.05) is 25.0 Å². The molecule has 0 spiro atoms. The van der Waals surface area contributed by atoms with Crippen molar-refractivity contribution in [3.8, 4) is 5.75 Å². The van der Waals surface area contributed by atoms with Crippen molar-refractivity contribution < 1.29 is 14.3 Å². The number of benzene rings is 2. The van der Waals surface area contributed by atoms with E-state index in [0.29, 0.717) is 24.7 Å². The van der Waals surface area contributed by atoms with Crippen molar-refractivity contribution >= 4 is 17.6 Å². The summed E-state index contributed by atoms with van der Waals surface area (Å²) < 4.78 is 13.5. The smallest absolute Gasteiger partial charge is 0.246 e. The van der Waals surface area contributed by atoms with Gasteiger partial charge in [0.2, 0.25) is 5.91 Å². The maximum atomic E-state index is 13.5. The third-order valence-electron chi connectivity index (χ3n) is 4.76. The SMILES string of the molecule is CCNC(=NCC(=O)Nc1ccc(O)cc1)NCC1(c2cccc(F)c2)CC1. The predicted octanol–water partition coefficient (Wildman–Crippen LogP) is 2.76. The summed E-state index contributed by atoms with van der Waals surface area (Å²) in [6, 6.07) is 13.0. The number of aromatic hydroxyl groups is 1. The molecule has 0 aliphatic heterocycles. The highest BCUT2D eigenvalue weighted by atomic mass is 19.1. The van der Waals surface area contributed by atoms with Crippen LogP contribution in [0.2, 0.25) is 0 Å². The molecule has 0 saturated heterocycles. The molecule has 1 aliphatic rings. The van der Waals surface area contributed by atoms with Crippen molar-refractivity contribution in [1.82, 2.24) is 10.6 Å². The van der Waals surface area contributed by atoms with E-state index < -0.39 is 0 Å². The summed E-state index contributed by atoms with van der Waals surface area (Å²) in [5.74, 6) is 0.206. The standard InChI is InChI=1S/C21H25FN4O2/c1-2-23-20(24-13-19(28)26-17-6-8-18(27)9-7-17)25-14-21(10-11-21)15-4-3-5-16(22)12-15/h3-9,12,27H,2,10-11,13-14H2,1H3,(H,26,28)(H2,23,24,25). The molecule has 0 heterocycles. The molecule has 3 rings (SSSR count). The van der Waals surface area contributed by atoms with Crippen LogP contribution < -0.4 is 16.0 Å². The number of phenolic OH excluding ortho intramolecular Hbond substituents is 1. The van der Waals surface area contributed by atoms with E-state index in [1.165, 1.54) is 18.2 Å². The summed E-state index contributed by atoms with van der Waals surface area (Å²) in [7, 11) is 0. The van der Waals surface area contributed by atoms with E-state index in [4.69, 9.17) is 0 Å². The fraction of sp³-hybridized carbons (Fsp3) is 0.333. The van der Waals surface area contributed by atoms with Gasteiger partial charge in [0.15, 0.2) is 5.96 Å². The number of hydrogen-bond donors (Lipinski definition) is 4. The second kappa shape index (κ2) is 8.73. The molecule has 1 aliphatic carbocycles. The third kappa shape index (κ3) is 5.22. The molecule has 2 aromatic rings. The molecule has 7 heteroatoms. The van der Waals surface area contributed by atoms with Gasteiger partial charge in [0, 0.05) is 24.2 Å². The molecule has 0 radical (unpaired) electrons. The third-order valence-corrected chi connectivity index (χ3v) is 4.76. The summed E-state index contributed by atoms with van der Waals surface area (Å²) >= 11 is 0. The average Bonchev–Trinajstić information content (AvgIpc) is 3.47. The van der Waals surface area contributed by atoms with Gasteiger partial charge in [-0.1, -0.05) is 12.1 Å². The van der Waals surface area contributed by atoms with Crippen LogP contribution in [-0.2, 0) is 10.2 Å². The number of nitrogens with zero attached hydrogens (tertiary/aromatic N) is 1. The molecule has 148 valence electrons. The molecule has 1 saturated carbocycles. The predicted molar refractivity (Wildman–Crippen MR) is 108 cm³/mol. The first-order valence-corrected chi connectivity index (χ1v) is 9.38. The number of carbonyl (C=O) groups is 1. The Morgan fingerprint density at radius 2 is 1.93 bits per heavy atom. The number of nitrogens with one attached hydrogen (secondary N) is 3. The Bertz CT molecular complexity index is 848. The van der Waals surface area contributed by atoms with Crippen molar-refractivity contribution in [2.45, 2.75) is 25.2 Å². The first-order chi connectivity index (χ1) is 13.5. The molecule has 0 unspecified atom stereocenters. The summed E-state index contributed by atoms with van der Waals surface area (Å²) in [6.45, 7) is 3.20. The van der Waals surface area contributed by atoms with E-state index >= 15 is 0 Å². The normalized spacial score (nSPS) is 15.0. The number of rotatable bonds is 7. The lowest BCUT2D eigenvalue weighted by molar-refractivity contribution is -0.114. The number of carbonyl (C=O) groups excluding carboxylic acids is 1. The zero-order valence-electron chi connectivity index (χ0n) is 15.8. The summed E-state index contributed by atoms with van der Waals surface area (Å²) in [4.78, 5) is 16.4. The maximum Gasteiger partial charge on any atom is 0.246 e. The number of hydrogen-bond acceptors (Lipinski definition) is 3. The Balaban J connectivity index is 1.57. The fourth-order valence-corrected chi connectivity index (χ4v) is 3.03. The van der Waals surface area contributed by atoms with Gasteiger partial charge in [-0.15, -0.1) is 0 Å². The monoisotopic (exact) mass is 384 g/mol. The molecule has 28 heavy (non-hydrogen) atoms. The number of guanidine groups is 1. The number of anilines is 1. The van der Waals surface area contributed by atoms with Crippen LogP contribution in [0.1, 0.15) is 25.3 Å². The molecular weight excluding hydrogens is 359 g/mol. The van der Waals surface area contributed by atoms with E-state index in [2.05, 4.69) is 20.9 Å². The lowest BCUT2D eigenvalue weighted by atomic mass is 9.96. The quantitative estimate of drug-likeness (QED) is 0.336. The maximum absolute atomic E-state index is 13.5. The van der Waals surface area contributed by atoms with Gasteiger partial charge < -0.3 is 21.1 Å². The first-order valence-electron chi connectivity index (χ1n) is 9.38. The molecule has 0 aromatic heterocycles. The highest BCUT2D eigenvalue weighted by Crippen LogP contribution is 2.47. The second-order valence-electron chi connectivity index (χ2n) is 6.93. The van der Waals surface area contributed by atoms with Gasteiger partial charge in [-0.25, -0.2) is 9.38 Å². The van der Waals surface area contributed by atoms with E-state index in [9.17, 15) is 14.3 Å². The van der Waals surface area contributed by atoms with Crippen molar-refractivity contribution in [3.05, 3.63) is 59.9 Å². The van der Waals surface area contributed by atoms with Crippen LogP contribution in [0, 0.1) is 5.82 Å². The van der Waals surface area contributed by atoms with Crippen LogP contribution in [0.5, 0.6) is 5.75 Å². The van der Waals surface area contributed by atoms with Gasteiger partial charge in [-0.05, 0) is 61.7 Å². The average molecular weight is 384 g/mol. The lowest BCUT2D eigenvalue weighted by Crippen LogP contribution is -2.41. The fourth-order valence-electron chi connectivity index (χ4n) is 3.03.